The van der Waals surface area contributed by atoms with Crippen molar-refractivity contribution in [2.45, 2.75) is 44.2 Å². The first kappa shape index (κ1) is 19.0. The summed E-state index contributed by atoms with van der Waals surface area (Å²) in [5.74, 6) is -0.439. The third kappa shape index (κ3) is 4.90. The van der Waals surface area contributed by atoms with Crippen LogP contribution in [0.3, 0.4) is 0 Å². The first-order chi connectivity index (χ1) is 12.4. The molecule has 3 rings (SSSR count). The van der Waals surface area contributed by atoms with Crippen LogP contribution in [-0.4, -0.2) is 26.4 Å². The number of piperidine rings is 1. The molecule has 26 heavy (non-hydrogen) atoms. The molecule has 6 heteroatoms. The van der Waals surface area contributed by atoms with Crippen LogP contribution in [0.15, 0.2) is 47.4 Å². The molecule has 0 saturated carbocycles. The Bertz CT molecular complexity index is 845. The number of halogens is 1. The molecule has 0 atom stereocenters. The highest BCUT2D eigenvalue weighted by atomic mass is 32.2. The first-order valence-electron chi connectivity index (χ1n) is 9.00. The van der Waals surface area contributed by atoms with Gasteiger partial charge in [-0.2, -0.15) is 0 Å². The SMILES string of the molecule is Cc1cc(F)ccc1S(=O)(=O)NCc1ccc(CN2CCCCC2)cc1. The van der Waals surface area contributed by atoms with Gasteiger partial charge in [0.1, 0.15) is 5.82 Å². The van der Waals surface area contributed by atoms with Crippen molar-refractivity contribution in [3.63, 3.8) is 0 Å². The molecule has 4 nitrogen and oxygen atoms in total. The van der Waals surface area contributed by atoms with Gasteiger partial charge in [0.15, 0.2) is 0 Å². The van der Waals surface area contributed by atoms with Gasteiger partial charge in [0.2, 0.25) is 10.0 Å². The smallest absolute Gasteiger partial charge is 0.241 e. The number of nitrogens with zero attached hydrogens (tertiary/aromatic N) is 1. The molecule has 0 aliphatic carbocycles. The lowest BCUT2D eigenvalue weighted by Crippen LogP contribution is -2.29. The minimum Gasteiger partial charge on any atom is -0.299 e. The van der Waals surface area contributed by atoms with Gasteiger partial charge in [-0.15, -0.1) is 0 Å². The standard InChI is InChI=1S/C20H25FN2O2S/c1-16-13-19(21)9-10-20(16)26(24,25)22-14-17-5-7-18(8-6-17)15-23-11-3-2-4-12-23/h5-10,13,22H,2-4,11-12,14-15H2,1H3. The summed E-state index contributed by atoms with van der Waals surface area (Å²) in [5.41, 5.74) is 2.54. The maximum absolute atomic E-state index is 13.2. The fourth-order valence-corrected chi connectivity index (χ4v) is 4.55. The summed E-state index contributed by atoms with van der Waals surface area (Å²) in [5, 5.41) is 0. The summed E-state index contributed by atoms with van der Waals surface area (Å²) in [4.78, 5) is 2.57. The van der Waals surface area contributed by atoms with Gasteiger partial charge in [-0.25, -0.2) is 17.5 Å². The number of rotatable bonds is 6. The van der Waals surface area contributed by atoms with E-state index in [4.69, 9.17) is 0 Å². The highest BCUT2D eigenvalue weighted by molar-refractivity contribution is 7.89. The van der Waals surface area contributed by atoms with E-state index in [1.54, 1.807) is 6.92 Å². The molecule has 1 saturated heterocycles. The largest absolute Gasteiger partial charge is 0.299 e. The molecule has 1 N–H and O–H groups in total. The van der Waals surface area contributed by atoms with Crippen molar-refractivity contribution in [3.05, 3.63) is 65.0 Å². The number of hydrogen-bond acceptors (Lipinski definition) is 3. The molecular weight excluding hydrogens is 351 g/mol. The highest BCUT2D eigenvalue weighted by Gasteiger charge is 2.17. The lowest BCUT2D eigenvalue weighted by molar-refractivity contribution is 0.221. The van der Waals surface area contributed by atoms with Gasteiger partial charge in [0, 0.05) is 13.1 Å². The van der Waals surface area contributed by atoms with Gasteiger partial charge in [0.25, 0.3) is 0 Å². The Kier molecular flexibility index (Phi) is 6.06. The Morgan fingerprint density at radius 2 is 1.65 bits per heavy atom. The zero-order valence-corrected chi connectivity index (χ0v) is 15.9. The van der Waals surface area contributed by atoms with Crippen LogP contribution >= 0.6 is 0 Å². The summed E-state index contributed by atoms with van der Waals surface area (Å²) in [7, 11) is -3.66. The van der Waals surface area contributed by atoms with Gasteiger partial charge in [-0.1, -0.05) is 30.7 Å². The third-order valence-electron chi connectivity index (χ3n) is 4.77. The highest BCUT2D eigenvalue weighted by Crippen LogP contribution is 2.17. The zero-order valence-electron chi connectivity index (χ0n) is 15.0. The molecule has 140 valence electrons. The molecule has 2 aromatic rings. The van der Waals surface area contributed by atoms with E-state index in [0.29, 0.717) is 5.56 Å². The van der Waals surface area contributed by atoms with E-state index in [1.165, 1.54) is 37.0 Å². The Balaban J connectivity index is 1.60. The Hall–Kier alpha value is -1.76. The van der Waals surface area contributed by atoms with Crippen molar-refractivity contribution in [2.24, 2.45) is 0 Å². The van der Waals surface area contributed by atoms with Crippen LogP contribution in [0, 0.1) is 12.7 Å². The molecule has 0 spiro atoms. The molecule has 0 radical (unpaired) electrons. The topological polar surface area (TPSA) is 49.4 Å². The Morgan fingerprint density at radius 3 is 2.31 bits per heavy atom. The summed E-state index contributed by atoms with van der Waals surface area (Å²) in [6, 6.07) is 11.7. The average Bonchev–Trinajstić information content (AvgIpc) is 2.62. The second-order valence-electron chi connectivity index (χ2n) is 6.89. The van der Waals surface area contributed by atoms with Crippen molar-refractivity contribution in [2.75, 3.05) is 13.1 Å². The number of likely N-dealkylation sites (tertiary alicyclic amines) is 1. The van der Waals surface area contributed by atoms with Gasteiger partial charge < -0.3 is 0 Å². The molecule has 0 unspecified atom stereocenters. The van der Waals surface area contributed by atoms with Crippen molar-refractivity contribution >= 4 is 10.0 Å². The number of benzene rings is 2. The van der Waals surface area contributed by atoms with Crippen molar-refractivity contribution in [1.29, 1.82) is 0 Å². The van der Waals surface area contributed by atoms with Crippen LogP contribution in [-0.2, 0) is 23.1 Å². The van der Waals surface area contributed by atoms with Crippen molar-refractivity contribution < 1.29 is 12.8 Å². The average molecular weight is 376 g/mol. The Morgan fingerprint density at radius 1 is 1.00 bits per heavy atom. The zero-order chi connectivity index (χ0) is 18.6. The predicted molar refractivity (Wildman–Crippen MR) is 101 cm³/mol. The van der Waals surface area contributed by atoms with E-state index in [1.807, 2.05) is 12.1 Å². The van der Waals surface area contributed by atoms with Crippen LogP contribution in [0.1, 0.15) is 36.0 Å². The van der Waals surface area contributed by atoms with Crippen LogP contribution in [0.2, 0.25) is 0 Å². The van der Waals surface area contributed by atoms with Gasteiger partial charge in [-0.3, -0.25) is 4.90 Å². The molecule has 0 amide bonds. The monoisotopic (exact) mass is 376 g/mol. The van der Waals surface area contributed by atoms with E-state index < -0.39 is 15.8 Å². The van der Waals surface area contributed by atoms with E-state index in [2.05, 4.69) is 21.8 Å². The Labute approximate surface area is 155 Å². The van der Waals surface area contributed by atoms with Gasteiger partial charge in [-0.05, 0) is 67.7 Å². The number of hydrogen-bond donors (Lipinski definition) is 1. The first-order valence-corrected chi connectivity index (χ1v) is 10.5. The molecule has 1 heterocycles. The summed E-state index contributed by atoms with van der Waals surface area (Å²) < 4.78 is 40.6. The fourth-order valence-electron chi connectivity index (χ4n) is 3.31. The lowest BCUT2D eigenvalue weighted by Gasteiger charge is -2.26. The molecule has 2 aromatic carbocycles. The minimum atomic E-state index is -3.66. The van der Waals surface area contributed by atoms with Gasteiger partial charge in [0.05, 0.1) is 4.90 Å². The quantitative estimate of drug-likeness (QED) is 0.838. The normalized spacial score (nSPS) is 15.9. The minimum absolute atomic E-state index is 0.112. The lowest BCUT2D eigenvalue weighted by atomic mass is 10.1. The van der Waals surface area contributed by atoms with Crippen LogP contribution in [0.5, 0.6) is 0 Å². The number of aryl methyl sites for hydroxylation is 1. The molecule has 0 aromatic heterocycles. The predicted octanol–water partition coefficient (Wildman–Crippen LogP) is 3.60. The molecule has 1 aliphatic rings. The van der Waals surface area contributed by atoms with E-state index in [-0.39, 0.29) is 11.4 Å². The third-order valence-corrected chi connectivity index (χ3v) is 6.33. The molecule has 0 bridgehead atoms. The molecule has 1 fully saturated rings. The maximum Gasteiger partial charge on any atom is 0.241 e. The second kappa shape index (κ2) is 8.29. The van der Waals surface area contributed by atoms with Gasteiger partial charge >= 0.3 is 0 Å². The maximum atomic E-state index is 13.2. The number of sulfonamides is 1. The van der Waals surface area contributed by atoms with Crippen LogP contribution in [0.25, 0.3) is 0 Å². The van der Waals surface area contributed by atoms with Crippen molar-refractivity contribution in [3.8, 4) is 0 Å². The van der Waals surface area contributed by atoms with E-state index >= 15 is 0 Å². The molecular formula is C20H25FN2O2S. The van der Waals surface area contributed by atoms with Crippen LogP contribution in [0.4, 0.5) is 4.39 Å². The van der Waals surface area contributed by atoms with E-state index in [9.17, 15) is 12.8 Å². The van der Waals surface area contributed by atoms with Crippen LogP contribution < -0.4 is 4.72 Å². The number of nitrogens with one attached hydrogen (secondary N) is 1. The summed E-state index contributed by atoms with van der Waals surface area (Å²) >= 11 is 0. The van der Waals surface area contributed by atoms with E-state index in [0.717, 1.165) is 31.3 Å². The van der Waals surface area contributed by atoms with Crippen molar-refractivity contribution in [1.82, 2.24) is 9.62 Å². The summed E-state index contributed by atoms with van der Waals surface area (Å²) in [6.45, 7) is 5.05. The second-order valence-corrected chi connectivity index (χ2v) is 8.62. The summed E-state index contributed by atoms with van der Waals surface area (Å²) in [6.07, 6.45) is 3.86. The fraction of sp³-hybridized carbons (Fsp3) is 0.400. The molecule has 1 aliphatic heterocycles.